The summed E-state index contributed by atoms with van der Waals surface area (Å²) in [6.07, 6.45) is 3.78. The van der Waals surface area contributed by atoms with Crippen molar-refractivity contribution >= 4 is 27.6 Å². The number of fused-ring (bicyclic) bond motifs is 2. The lowest BCUT2D eigenvalue weighted by molar-refractivity contribution is 0.0698. The molecule has 118 valence electrons. The van der Waals surface area contributed by atoms with E-state index in [9.17, 15) is 9.90 Å². The number of nitrogens with zero attached hydrogens (tertiary/aromatic N) is 2. The number of aryl methyl sites for hydroxylation is 1. The van der Waals surface area contributed by atoms with Crippen LogP contribution in [-0.4, -0.2) is 20.6 Å². The minimum atomic E-state index is -0.907. The van der Waals surface area contributed by atoms with Crippen molar-refractivity contribution in [3.8, 4) is 0 Å². The average molecular weight is 316 g/mol. The van der Waals surface area contributed by atoms with Gasteiger partial charge in [-0.05, 0) is 42.1 Å². The van der Waals surface area contributed by atoms with E-state index in [1.807, 2.05) is 54.2 Å². The van der Waals surface area contributed by atoms with Gasteiger partial charge in [-0.1, -0.05) is 24.3 Å². The molecule has 2 aromatic heterocycles. The number of carboxylic acid groups (broad SMARTS) is 1. The number of benzene rings is 2. The second-order valence-corrected chi connectivity index (χ2v) is 6.02. The summed E-state index contributed by atoms with van der Waals surface area (Å²) in [5, 5.41) is 12.7. The van der Waals surface area contributed by atoms with Crippen molar-refractivity contribution < 1.29 is 9.90 Å². The van der Waals surface area contributed by atoms with E-state index in [2.05, 4.69) is 17.1 Å². The Balaban J connectivity index is 1.82. The van der Waals surface area contributed by atoms with Crippen molar-refractivity contribution in [2.24, 2.45) is 0 Å². The molecule has 4 rings (SSSR count). The quantitative estimate of drug-likeness (QED) is 0.615. The molecule has 0 saturated heterocycles. The molecule has 0 spiro atoms. The van der Waals surface area contributed by atoms with Crippen LogP contribution in [-0.2, 0) is 6.54 Å². The minimum absolute atomic E-state index is 0.329. The number of aromatic carboxylic acids is 1. The molecule has 4 nitrogen and oxygen atoms in total. The topological polar surface area (TPSA) is 55.1 Å². The van der Waals surface area contributed by atoms with Crippen molar-refractivity contribution in [3.05, 3.63) is 77.7 Å². The normalized spacial score (nSPS) is 11.2. The summed E-state index contributed by atoms with van der Waals surface area (Å²) < 4.78 is 1.95. The zero-order valence-electron chi connectivity index (χ0n) is 13.2. The Bertz CT molecular complexity index is 1080. The lowest BCUT2D eigenvalue weighted by atomic mass is 10.1. The molecular weight excluding hydrogens is 300 g/mol. The largest absolute Gasteiger partial charge is 0.478 e. The molecular formula is C20H16N2O2. The molecule has 0 atom stereocenters. The Morgan fingerprint density at radius 3 is 2.67 bits per heavy atom. The van der Waals surface area contributed by atoms with Crippen LogP contribution in [0.25, 0.3) is 21.7 Å². The third kappa shape index (κ3) is 2.42. The van der Waals surface area contributed by atoms with Crippen LogP contribution in [0.5, 0.6) is 0 Å². The molecule has 24 heavy (non-hydrogen) atoms. The Morgan fingerprint density at radius 2 is 1.88 bits per heavy atom. The molecule has 4 aromatic rings. The first kappa shape index (κ1) is 14.5. The maximum absolute atomic E-state index is 11.6. The van der Waals surface area contributed by atoms with Gasteiger partial charge in [-0.15, -0.1) is 0 Å². The van der Waals surface area contributed by atoms with Crippen LogP contribution in [0.1, 0.15) is 21.6 Å². The highest BCUT2D eigenvalue weighted by molar-refractivity contribution is 6.02. The van der Waals surface area contributed by atoms with Gasteiger partial charge in [0.05, 0.1) is 23.3 Å². The Labute approximate surface area is 139 Å². The van der Waals surface area contributed by atoms with Crippen molar-refractivity contribution in [1.29, 1.82) is 0 Å². The van der Waals surface area contributed by atoms with E-state index in [-0.39, 0.29) is 0 Å². The van der Waals surface area contributed by atoms with Crippen LogP contribution in [0.2, 0.25) is 0 Å². The van der Waals surface area contributed by atoms with Crippen molar-refractivity contribution in [2.45, 2.75) is 13.5 Å². The van der Waals surface area contributed by atoms with Crippen LogP contribution in [0.4, 0.5) is 0 Å². The highest BCUT2D eigenvalue weighted by Gasteiger charge is 2.14. The number of hydrogen-bond donors (Lipinski definition) is 1. The first-order valence-electron chi connectivity index (χ1n) is 7.78. The van der Waals surface area contributed by atoms with Gasteiger partial charge in [-0.3, -0.25) is 4.98 Å². The highest BCUT2D eigenvalue weighted by atomic mass is 16.4. The molecule has 0 bridgehead atoms. The molecule has 0 aliphatic heterocycles. The van der Waals surface area contributed by atoms with E-state index < -0.39 is 5.97 Å². The summed E-state index contributed by atoms with van der Waals surface area (Å²) >= 11 is 0. The van der Waals surface area contributed by atoms with Crippen molar-refractivity contribution in [3.63, 3.8) is 0 Å². The van der Waals surface area contributed by atoms with Gasteiger partial charge in [0.25, 0.3) is 0 Å². The Hall–Kier alpha value is -3.14. The molecule has 0 unspecified atom stereocenters. The van der Waals surface area contributed by atoms with E-state index in [0.717, 1.165) is 32.9 Å². The van der Waals surface area contributed by atoms with Crippen molar-refractivity contribution in [2.75, 3.05) is 0 Å². The first-order chi connectivity index (χ1) is 11.6. The lowest BCUT2D eigenvalue weighted by Gasteiger charge is -2.09. The third-order valence-electron chi connectivity index (χ3n) is 4.26. The fourth-order valence-corrected chi connectivity index (χ4v) is 3.18. The monoisotopic (exact) mass is 316 g/mol. The lowest BCUT2D eigenvalue weighted by Crippen LogP contribution is -2.05. The summed E-state index contributed by atoms with van der Waals surface area (Å²) in [4.78, 5) is 16.1. The van der Waals surface area contributed by atoms with Gasteiger partial charge in [0, 0.05) is 23.2 Å². The summed E-state index contributed by atoms with van der Waals surface area (Å²) in [6.45, 7) is 2.45. The zero-order chi connectivity index (χ0) is 16.7. The van der Waals surface area contributed by atoms with Gasteiger partial charge < -0.3 is 9.67 Å². The van der Waals surface area contributed by atoms with Gasteiger partial charge >= 0.3 is 5.97 Å². The summed E-state index contributed by atoms with van der Waals surface area (Å²) in [5.41, 5.74) is 2.92. The second-order valence-electron chi connectivity index (χ2n) is 6.02. The molecule has 1 N–H and O–H groups in total. The van der Waals surface area contributed by atoms with Crippen LogP contribution >= 0.6 is 0 Å². The van der Waals surface area contributed by atoms with E-state index >= 15 is 0 Å². The van der Waals surface area contributed by atoms with Gasteiger partial charge in [0.15, 0.2) is 0 Å². The van der Waals surface area contributed by atoms with E-state index in [4.69, 9.17) is 0 Å². The summed E-state index contributed by atoms with van der Waals surface area (Å²) in [6, 6.07) is 15.8. The molecule has 4 heteroatoms. The van der Waals surface area contributed by atoms with E-state index in [0.29, 0.717) is 12.1 Å². The zero-order valence-corrected chi connectivity index (χ0v) is 13.2. The fourth-order valence-electron chi connectivity index (χ4n) is 3.18. The Kier molecular flexibility index (Phi) is 3.31. The maximum Gasteiger partial charge on any atom is 0.337 e. The third-order valence-corrected chi connectivity index (χ3v) is 4.26. The van der Waals surface area contributed by atoms with Gasteiger partial charge in [0.1, 0.15) is 0 Å². The predicted molar refractivity (Wildman–Crippen MR) is 94.5 cm³/mol. The molecule has 0 saturated carbocycles. The van der Waals surface area contributed by atoms with Crippen LogP contribution in [0, 0.1) is 6.92 Å². The summed E-state index contributed by atoms with van der Waals surface area (Å²) in [7, 11) is 0. The minimum Gasteiger partial charge on any atom is -0.478 e. The fraction of sp³-hybridized carbons (Fsp3) is 0.100. The molecule has 2 heterocycles. The molecule has 0 amide bonds. The molecule has 0 aliphatic carbocycles. The Morgan fingerprint density at radius 1 is 1.08 bits per heavy atom. The van der Waals surface area contributed by atoms with E-state index in [1.54, 1.807) is 6.07 Å². The van der Waals surface area contributed by atoms with Crippen LogP contribution in [0.15, 0.2) is 60.9 Å². The van der Waals surface area contributed by atoms with Crippen LogP contribution in [0.3, 0.4) is 0 Å². The SMILES string of the molecule is Cc1cc(C(=O)O)c2c(ccn2Cc2cc3ccccc3cn2)c1. The average Bonchev–Trinajstić information content (AvgIpc) is 2.96. The standard InChI is InChI=1S/C20H16N2O2/c1-13-8-15-6-7-22(19(15)18(9-13)20(23)24)12-17-10-14-4-2-3-5-16(14)11-21-17/h2-11H,12H2,1H3,(H,23,24). The molecule has 2 aromatic carbocycles. The number of rotatable bonds is 3. The number of carboxylic acids is 1. The number of hydrogen-bond acceptors (Lipinski definition) is 2. The molecule has 0 fully saturated rings. The van der Waals surface area contributed by atoms with Crippen molar-refractivity contribution in [1.82, 2.24) is 9.55 Å². The molecule has 0 radical (unpaired) electrons. The number of carbonyl (C=O) groups is 1. The van der Waals surface area contributed by atoms with Crippen LogP contribution < -0.4 is 0 Å². The molecule has 0 aliphatic rings. The predicted octanol–water partition coefficient (Wildman–Crippen LogP) is 4.24. The second kappa shape index (κ2) is 5.49. The van der Waals surface area contributed by atoms with Gasteiger partial charge in [-0.25, -0.2) is 4.79 Å². The van der Waals surface area contributed by atoms with Gasteiger partial charge in [-0.2, -0.15) is 0 Å². The highest BCUT2D eigenvalue weighted by Crippen LogP contribution is 2.24. The van der Waals surface area contributed by atoms with Gasteiger partial charge in [0.2, 0.25) is 0 Å². The van der Waals surface area contributed by atoms with E-state index in [1.165, 1.54) is 0 Å². The first-order valence-corrected chi connectivity index (χ1v) is 7.78. The smallest absolute Gasteiger partial charge is 0.337 e. The number of pyridine rings is 1. The number of aromatic nitrogens is 2. The maximum atomic E-state index is 11.6. The summed E-state index contributed by atoms with van der Waals surface area (Å²) in [5.74, 6) is -0.907.